The molecule has 3 atom stereocenters. The lowest BCUT2D eigenvalue weighted by Gasteiger charge is -2.26. The molecule has 3 aromatic carbocycles. The number of nitrogens with one attached hydrogen (secondary N) is 3. The van der Waals surface area contributed by atoms with E-state index in [1.807, 2.05) is 26.0 Å². The van der Waals surface area contributed by atoms with Crippen molar-refractivity contribution in [1.29, 1.82) is 0 Å². The normalized spacial score (nSPS) is 13.3. The third kappa shape index (κ3) is 7.39. The fourth-order valence-corrected chi connectivity index (χ4v) is 4.89. The van der Waals surface area contributed by atoms with Gasteiger partial charge in [-0.25, -0.2) is 14.2 Å². The third-order valence-corrected chi connectivity index (χ3v) is 6.96. The molecule has 1 aromatic heterocycles. The van der Waals surface area contributed by atoms with Crippen LogP contribution in [0.1, 0.15) is 37.4 Å². The summed E-state index contributed by atoms with van der Waals surface area (Å²) in [6.45, 7) is 3.73. The Morgan fingerprint density at radius 3 is 1.90 bits per heavy atom. The Kier molecular flexibility index (Phi) is 9.69. The second kappa shape index (κ2) is 13.6. The van der Waals surface area contributed by atoms with E-state index in [2.05, 4.69) is 15.6 Å². The summed E-state index contributed by atoms with van der Waals surface area (Å²) < 4.78 is 0.879. The zero-order valence-corrected chi connectivity index (χ0v) is 23.4. The molecule has 42 heavy (non-hydrogen) atoms. The summed E-state index contributed by atoms with van der Waals surface area (Å²) in [7, 11) is 0. The Hall–Kier alpha value is -4.99. The summed E-state index contributed by atoms with van der Waals surface area (Å²) in [5, 5.41) is 15.3. The van der Waals surface area contributed by atoms with Crippen LogP contribution in [0.25, 0.3) is 10.9 Å². The van der Waals surface area contributed by atoms with Crippen molar-refractivity contribution in [2.45, 2.75) is 51.2 Å². The molecule has 0 fully saturated rings. The Labute approximate surface area is 242 Å². The van der Waals surface area contributed by atoms with Gasteiger partial charge in [0.1, 0.15) is 18.1 Å². The number of carboxylic acids is 1. The molecule has 0 aliphatic heterocycles. The molecule has 0 aliphatic carbocycles. The monoisotopic (exact) mass is 570 g/mol. The maximum absolute atomic E-state index is 13.9. The van der Waals surface area contributed by atoms with E-state index in [0.29, 0.717) is 11.1 Å². The van der Waals surface area contributed by atoms with Crippen LogP contribution in [0.2, 0.25) is 0 Å². The van der Waals surface area contributed by atoms with Gasteiger partial charge in [0, 0.05) is 12.8 Å². The second-order valence-electron chi connectivity index (χ2n) is 10.6. The number of aliphatic carboxylic acids is 1. The van der Waals surface area contributed by atoms with E-state index in [-0.39, 0.29) is 30.6 Å². The summed E-state index contributed by atoms with van der Waals surface area (Å²) in [5.41, 5.74) is 0.388. The molecular formula is C32H34N4O6. The number of hydrogen-bond acceptors (Lipinski definition) is 5. The van der Waals surface area contributed by atoms with Crippen molar-refractivity contribution in [3.05, 3.63) is 117 Å². The van der Waals surface area contributed by atoms with Gasteiger partial charge < -0.3 is 20.7 Å². The van der Waals surface area contributed by atoms with Crippen LogP contribution < -0.4 is 21.9 Å². The van der Waals surface area contributed by atoms with Gasteiger partial charge in [-0.1, -0.05) is 86.6 Å². The first-order valence-electron chi connectivity index (χ1n) is 13.8. The minimum absolute atomic E-state index is 0.00970. The van der Waals surface area contributed by atoms with Crippen molar-refractivity contribution in [1.82, 2.24) is 20.2 Å². The number of aromatic amines is 1. The Morgan fingerprint density at radius 2 is 1.31 bits per heavy atom. The lowest BCUT2D eigenvalue weighted by molar-refractivity contribution is -0.142. The maximum atomic E-state index is 13.9. The largest absolute Gasteiger partial charge is 0.480 e. The summed E-state index contributed by atoms with van der Waals surface area (Å²) >= 11 is 0. The summed E-state index contributed by atoms with van der Waals surface area (Å²) in [4.78, 5) is 68.6. The SMILES string of the molecule is CC(C)C[C@H](NC(=O)[C@@H](Cc1ccccc1)n1c(=O)[nH]c2ccccc2c1=O)C(=O)N[C@@H](Cc1ccccc1)C(=O)O. The molecule has 0 radical (unpaired) electrons. The number of amides is 2. The highest BCUT2D eigenvalue weighted by atomic mass is 16.4. The van der Waals surface area contributed by atoms with E-state index in [4.69, 9.17) is 0 Å². The topological polar surface area (TPSA) is 150 Å². The van der Waals surface area contributed by atoms with Gasteiger partial charge in [0.25, 0.3) is 5.56 Å². The van der Waals surface area contributed by atoms with Crippen molar-refractivity contribution in [2.24, 2.45) is 5.92 Å². The number of carboxylic acid groups (broad SMARTS) is 1. The molecule has 0 saturated heterocycles. The van der Waals surface area contributed by atoms with Crippen LogP contribution in [0.4, 0.5) is 0 Å². The van der Waals surface area contributed by atoms with Crippen LogP contribution in [0.15, 0.2) is 94.5 Å². The number of benzene rings is 3. The van der Waals surface area contributed by atoms with Gasteiger partial charge in [0.15, 0.2) is 0 Å². The molecule has 2 amide bonds. The number of aromatic nitrogens is 2. The van der Waals surface area contributed by atoms with Crippen molar-refractivity contribution in [3.8, 4) is 0 Å². The number of para-hydroxylation sites is 1. The van der Waals surface area contributed by atoms with Crippen LogP contribution >= 0.6 is 0 Å². The number of rotatable bonds is 12. The molecule has 0 saturated carbocycles. The van der Waals surface area contributed by atoms with E-state index < -0.39 is 47.2 Å². The molecule has 4 aromatic rings. The van der Waals surface area contributed by atoms with E-state index in [9.17, 15) is 29.1 Å². The fraction of sp³-hybridized carbons (Fsp3) is 0.281. The first kappa shape index (κ1) is 30.0. The zero-order chi connectivity index (χ0) is 30.2. The van der Waals surface area contributed by atoms with Gasteiger partial charge >= 0.3 is 11.7 Å². The predicted octanol–water partition coefficient (Wildman–Crippen LogP) is 2.82. The molecule has 0 spiro atoms. The van der Waals surface area contributed by atoms with Crippen molar-refractivity contribution in [2.75, 3.05) is 0 Å². The second-order valence-corrected chi connectivity index (χ2v) is 10.6. The van der Waals surface area contributed by atoms with Crippen LogP contribution in [0, 0.1) is 5.92 Å². The van der Waals surface area contributed by atoms with E-state index >= 15 is 0 Å². The molecule has 4 N–H and O–H groups in total. The molecule has 1 heterocycles. The van der Waals surface area contributed by atoms with Gasteiger partial charge in [-0.05, 0) is 35.6 Å². The van der Waals surface area contributed by atoms with Gasteiger partial charge in [-0.2, -0.15) is 0 Å². The molecule has 218 valence electrons. The van der Waals surface area contributed by atoms with E-state index in [0.717, 1.165) is 10.1 Å². The Morgan fingerprint density at radius 1 is 0.762 bits per heavy atom. The molecule has 4 rings (SSSR count). The maximum Gasteiger partial charge on any atom is 0.329 e. The number of carbonyl (C=O) groups excluding carboxylic acids is 2. The van der Waals surface area contributed by atoms with Crippen LogP contribution in [-0.4, -0.2) is 44.5 Å². The summed E-state index contributed by atoms with van der Waals surface area (Å²) in [5.74, 6) is -2.63. The van der Waals surface area contributed by atoms with E-state index in [1.54, 1.807) is 72.8 Å². The van der Waals surface area contributed by atoms with Gasteiger partial charge in [-0.15, -0.1) is 0 Å². The van der Waals surface area contributed by atoms with Crippen LogP contribution in [-0.2, 0) is 27.2 Å². The highest BCUT2D eigenvalue weighted by molar-refractivity contribution is 5.91. The first-order chi connectivity index (χ1) is 20.1. The first-order valence-corrected chi connectivity index (χ1v) is 13.8. The lowest BCUT2D eigenvalue weighted by Crippen LogP contribution is -2.55. The minimum Gasteiger partial charge on any atom is -0.480 e. The lowest BCUT2D eigenvalue weighted by atomic mass is 10.00. The number of fused-ring (bicyclic) bond motifs is 1. The van der Waals surface area contributed by atoms with Crippen LogP contribution in [0.5, 0.6) is 0 Å². The quantitative estimate of drug-likeness (QED) is 0.206. The van der Waals surface area contributed by atoms with Crippen molar-refractivity contribution in [3.63, 3.8) is 0 Å². The summed E-state index contributed by atoms with van der Waals surface area (Å²) in [6, 6.07) is 20.7. The Balaban J connectivity index is 1.66. The smallest absolute Gasteiger partial charge is 0.329 e. The molecule has 0 bridgehead atoms. The fourth-order valence-electron chi connectivity index (χ4n) is 4.89. The highest BCUT2D eigenvalue weighted by Gasteiger charge is 2.32. The minimum atomic E-state index is -1.28. The number of hydrogen-bond donors (Lipinski definition) is 4. The average Bonchev–Trinajstić information content (AvgIpc) is 2.96. The third-order valence-electron chi connectivity index (χ3n) is 6.96. The molecule has 10 nitrogen and oxygen atoms in total. The van der Waals surface area contributed by atoms with E-state index in [1.165, 1.54) is 0 Å². The molecule has 0 unspecified atom stereocenters. The number of nitrogens with zero attached hydrogens (tertiary/aromatic N) is 1. The standard InChI is InChI=1S/C32H34N4O6/c1-20(2)17-25(28(37)34-26(31(40)41)18-21-11-5-3-6-12-21)33-29(38)27(19-22-13-7-4-8-14-22)36-30(39)23-15-9-10-16-24(23)35-32(36)42/h3-16,20,25-27H,17-19H2,1-2H3,(H,33,38)(H,34,37)(H,35,42)(H,40,41)/t25-,26-,27+/m0/s1. The zero-order valence-electron chi connectivity index (χ0n) is 23.4. The molecular weight excluding hydrogens is 536 g/mol. The van der Waals surface area contributed by atoms with Gasteiger partial charge in [-0.3, -0.25) is 14.4 Å². The van der Waals surface area contributed by atoms with Gasteiger partial charge in [0.2, 0.25) is 11.8 Å². The van der Waals surface area contributed by atoms with Gasteiger partial charge in [0.05, 0.1) is 10.9 Å². The highest BCUT2D eigenvalue weighted by Crippen LogP contribution is 2.16. The van der Waals surface area contributed by atoms with Crippen LogP contribution in [0.3, 0.4) is 0 Å². The van der Waals surface area contributed by atoms with Crippen molar-refractivity contribution < 1.29 is 19.5 Å². The number of carbonyl (C=O) groups is 3. The molecule has 0 aliphatic rings. The average molecular weight is 571 g/mol. The van der Waals surface area contributed by atoms with Crippen molar-refractivity contribution >= 4 is 28.7 Å². The Bertz CT molecular complexity index is 1660. The number of H-pyrrole nitrogens is 1. The summed E-state index contributed by atoms with van der Waals surface area (Å²) in [6.07, 6.45) is 0.273. The predicted molar refractivity (Wildman–Crippen MR) is 159 cm³/mol. The molecule has 10 heteroatoms.